The van der Waals surface area contributed by atoms with Crippen molar-refractivity contribution in [2.75, 3.05) is 6.54 Å². The predicted molar refractivity (Wildman–Crippen MR) is 124 cm³/mol. The van der Waals surface area contributed by atoms with Gasteiger partial charge in [0.25, 0.3) is 15.9 Å². The van der Waals surface area contributed by atoms with E-state index in [2.05, 4.69) is 5.32 Å². The molecule has 3 rings (SSSR count). The lowest BCUT2D eigenvalue weighted by molar-refractivity contribution is -0.141. The lowest BCUT2D eigenvalue weighted by Crippen LogP contribution is -2.53. The highest BCUT2D eigenvalue weighted by Crippen LogP contribution is 2.30. The van der Waals surface area contributed by atoms with E-state index in [9.17, 15) is 22.8 Å². The predicted octanol–water partition coefficient (Wildman–Crippen LogP) is 2.47. The molecule has 1 unspecified atom stereocenters. The second kappa shape index (κ2) is 9.74. The minimum Gasteiger partial charge on any atom is -0.352 e. The first-order chi connectivity index (χ1) is 15.6. The highest BCUT2D eigenvalue weighted by molar-refractivity contribution is 7.90. The summed E-state index contributed by atoms with van der Waals surface area (Å²) in [4.78, 5) is 40.4. The second-order valence-corrected chi connectivity index (χ2v) is 10.2. The van der Waals surface area contributed by atoms with Gasteiger partial charge in [-0.15, -0.1) is 0 Å². The Morgan fingerprint density at radius 3 is 2.39 bits per heavy atom. The molecule has 0 bridgehead atoms. The molecule has 1 heterocycles. The minimum atomic E-state index is -4.14. The van der Waals surface area contributed by atoms with Crippen LogP contribution in [0.15, 0.2) is 53.4 Å². The largest absolute Gasteiger partial charge is 0.352 e. The molecular formula is C24H29N3O5S. The Kier molecular flexibility index (Phi) is 7.22. The van der Waals surface area contributed by atoms with Gasteiger partial charge in [-0.3, -0.25) is 14.4 Å². The molecular weight excluding hydrogens is 442 g/mol. The number of nitrogens with one attached hydrogen (secondary N) is 1. The lowest BCUT2D eigenvalue weighted by atomic mass is 10.1. The van der Waals surface area contributed by atoms with E-state index in [1.807, 2.05) is 45.0 Å². The van der Waals surface area contributed by atoms with Crippen molar-refractivity contribution in [3.8, 4) is 0 Å². The number of aryl methyl sites for hydroxylation is 1. The SMILES string of the molecule is CCC(C(=O)NC(C)C)N(Cc1cccc(C)c1)C(=O)CN1C(=O)c2ccccc2S1(=O)=O. The molecule has 0 saturated carbocycles. The molecule has 176 valence electrons. The van der Waals surface area contributed by atoms with Gasteiger partial charge in [0.1, 0.15) is 17.5 Å². The van der Waals surface area contributed by atoms with Gasteiger partial charge in [0.15, 0.2) is 0 Å². The van der Waals surface area contributed by atoms with Crippen LogP contribution in [-0.4, -0.2) is 54.0 Å². The summed E-state index contributed by atoms with van der Waals surface area (Å²) in [5, 5.41) is 2.83. The third kappa shape index (κ3) is 5.08. The maximum absolute atomic E-state index is 13.5. The normalized spacial score (nSPS) is 15.3. The number of amides is 3. The highest BCUT2D eigenvalue weighted by Gasteiger charge is 2.43. The Morgan fingerprint density at radius 1 is 1.09 bits per heavy atom. The van der Waals surface area contributed by atoms with E-state index in [1.54, 1.807) is 13.0 Å². The molecule has 0 aliphatic carbocycles. The first-order valence-electron chi connectivity index (χ1n) is 10.9. The first-order valence-corrected chi connectivity index (χ1v) is 12.3. The molecule has 1 aliphatic heterocycles. The molecule has 0 spiro atoms. The third-order valence-electron chi connectivity index (χ3n) is 5.44. The molecule has 1 aliphatic rings. The van der Waals surface area contributed by atoms with Crippen molar-refractivity contribution in [1.29, 1.82) is 0 Å². The average molecular weight is 472 g/mol. The zero-order valence-corrected chi connectivity index (χ0v) is 20.1. The molecule has 8 nitrogen and oxygen atoms in total. The molecule has 9 heteroatoms. The standard InChI is InChI=1S/C24H29N3O5S/c1-5-20(23(29)25-16(2)3)26(14-18-10-8-9-17(4)13-18)22(28)15-27-24(30)19-11-6-7-12-21(19)33(27,31)32/h6-13,16,20H,5,14-15H2,1-4H3,(H,25,29). The van der Waals surface area contributed by atoms with E-state index < -0.39 is 34.4 Å². The molecule has 1 N–H and O–H groups in total. The van der Waals surface area contributed by atoms with Crippen LogP contribution in [0.1, 0.15) is 48.7 Å². The van der Waals surface area contributed by atoms with Gasteiger partial charge in [-0.1, -0.05) is 48.9 Å². The summed E-state index contributed by atoms with van der Waals surface area (Å²) < 4.78 is 26.5. The number of carbonyl (C=O) groups is 3. The zero-order valence-electron chi connectivity index (χ0n) is 19.2. The number of sulfonamides is 1. The summed E-state index contributed by atoms with van der Waals surface area (Å²) in [6, 6.07) is 12.5. The van der Waals surface area contributed by atoms with Crippen LogP contribution < -0.4 is 5.32 Å². The lowest BCUT2D eigenvalue weighted by Gasteiger charge is -2.32. The second-order valence-electron chi connectivity index (χ2n) is 8.41. The molecule has 2 aromatic carbocycles. The summed E-state index contributed by atoms with van der Waals surface area (Å²) in [5.74, 6) is -1.69. The van der Waals surface area contributed by atoms with Crippen LogP contribution in [0, 0.1) is 6.92 Å². The maximum Gasteiger partial charge on any atom is 0.269 e. The van der Waals surface area contributed by atoms with Crippen molar-refractivity contribution >= 4 is 27.7 Å². The Bertz CT molecular complexity index is 1180. The minimum absolute atomic E-state index is 0.0418. The molecule has 33 heavy (non-hydrogen) atoms. The first kappa shape index (κ1) is 24.4. The fourth-order valence-electron chi connectivity index (χ4n) is 3.91. The monoisotopic (exact) mass is 471 g/mol. The van der Waals surface area contributed by atoms with Crippen molar-refractivity contribution in [3.05, 3.63) is 65.2 Å². The average Bonchev–Trinajstić information content (AvgIpc) is 2.94. The molecule has 0 aromatic heterocycles. The topological polar surface area (TPSA) is 104 Å². The fourth-order valence-corrected chi connectivity index (χ4v) is 5.43. The number of fused-ring (bicyclic) bond motifs is 1. The number of benzene rings is 2. The van der Waals surface area contributed by atoms with Gasteiger partial charge in [0, 0.05) is 12.6 Å². The maximum atomic E-state index is 13.5. The Hall–Kier alpha value is -3.20. The van der Waals surface area contributed by atoms with Crippen LogP contribution in [0.2, 0.25) is 0 Å². The number of carbonyl (C=O) groups excluding carboxylic acids is 3. The van der Waals surface area contributed by atoms with Crippen LogP contribution in [0.25, 0.3) is 0 Å². The molecule has 2 aromatic rings. The van der Waals surface area contributed by atoms with E-state index in [0.717, 1.165) is 11.1 Å². The van der Waals surface area contributed by atoms with Gasteiger partial charge in [-0.25, -0.2) is 12.7 Å². The summed E-state index contributed by atoms with van der Waals surface area (Å²) in [7, 11) is -4.14. The Balaban J connectivity index is 1.93. The van der Waals surface area contributed by atoms with Gasteiger partial charge in [-0.2, -0.15) is 0 Å². The third-order valence-corrected chi connectivity index (χ3v) is 7.23. The molecule has 3 amide bonds. The van der Waals surface area contributed by atoms with Crippen LogP contribution in [-0.2, 0) is 26.2 Å². The van der Waals surface area contributed by atoms with Crippen LogP contribution >= 0.6 is 0 Å². The van der Waals surface area contributed by atoms with Crippen molar-refractivity contribution in [3.63, 3.8) is 0 Å². The van der Waals surface area contributed by atoms with E-state index in [0.29, 0.717) is 10.7 Å². The van der Waals surface area contributed by atoms with Crippen molar-refractivity contribution in [1.82, 2.24) is 14.5 Å². The zero-order chi connectivity index (χ0) is 24.3. The van der Waals surface area contributed by atoms with Crippen molar-refractivity contribution < 1.29 is 22.8 Å². The number of hydrogen-bond donors (Lipinski definition) is 1. The smallest absolute Gasteiger partial charge is 0.269 e. The van der Waals surface area contributed by atoms with E-state index in [4.69, 9.17) is 0 Å². The van der Waals surface area contributed by atoms with Crippen LogP contribution in [0.3, 0.4) is 0 Å². The van der Waals surface area contributed by atoms with Gasteiger partial charge in [0.05, 0.1) is 5.56 Å². The van der Waals surface area contributed by atoms with Gasteiger partial charge >= 0.3 is 0 Å². The number of hydrogen-bond acceptors (Lipinski definition) is 5. The number of rotatable bonds is 8. The van der Waals surface area contributed by atoms with Crippen molar-refractivity contribution in [2.24, 2.45) is 0 Å². The number of nitrogens with zero attached hydrogens (tertiary/aromatic N) is 2. The van der Waals surface area contributed by atoms with Crippen LogP contribution in [0.4, 0.5) is 0 Å². The van der Waals surface area contributed by atoms with E-state index in [1.165, 1.54) is 23.1 Å². The molecule has 0 fully saturated rings. The Morgan fingerprint density at radius 2 is 1.79 bits per heavy atom. The Labute approximate surface area is 194 Å². The highest BCUT2D eigenvalue weighted by atomic mass is 32.2. The molecule has 0 radical (unpaired) electrons. The molecule has 0 saturated heterocycles. The van der Waals surface area contributed by atoms with Gasteiger partial charge in [0.2, 0.25) is 11.8 Å². The van der Waals surface area contributed by atoms with E-state index >= 15 is 0 Å². The fraction of sp³-hybridized carbons (Fsp3) is 0.375. The summed E-state index contributed by atoms with van der Waals surface area (Å²) in [5.41, 5.74) is 1.84. The summed E-state index contributed by atoms with van der Waals surface area (Å²) in [6.07, 6.45) is 0.330. The van der Waals surface area contributed by atoms with Gasteiger partial charge in [-0.05, 0) is 44.9 Å². The molecule has 1 atom stereocenters. The summed E-state index contributed by atoms with van der Waals surface area (Å²) >= 11 is 0. The van der Waals surface area contributed by atoms with Crippen molar-refractivity contribution in [2.45, 2.75) is 57.6 Å². The quantitative estimate of drug-likeness (QED) is 0.637. The van der Waals surface area contributed by atoms with Gasteiger partial charge < -0.3 is 10.2 Å². The van der Waals surface area contributed by atoms with E-state index in [-0.39, 0.29) is 29.0 Å². The summed E-state index contributed by atoms with van der Waals surface area (Å²) in [6.45, 7) is 6.79. The van der Waals surface area contributed by atoms with Crippen LogP contribution in [0.5, 0.6) is 0 Å².